The zero-order valence-corrected chi connectivity index (χ0v) is 11.8. The van der Waals surface area contributed by atoms with Crippen LogP contribution in [0.4, 0.5) is 0 Å². The maximum atomic E-state index is 6.36. The van der Waals surface area contributed by atoms with Gasteiger partial charge in [0.05, 0.1) is 0 Å². The molecule has 0 radical (unpaired) electrons. The standard InChI is InChI=1S/C14H18ClN.ClH/c1-16-8-7-12-13(15)6-5-10-3-2-4-11(9-16)14(10)12;/h5-6,11H,2-4,7-9H2,1H3;1H. The molecule has 1 nitrogen and oxygen atoms in total. The minimum absolute atomic E-state index is 0. The maximum absolute atomic E-state index is 6.36. The number of hydrogen-bond acceptors (Lipinski definition) is 1. The highest BCUT2D eigenvalue weighted by Crippen LogP contribution is 2.39. The van der Waals surface area contributed by atoms with E-state index in [1.54, 1.807) is 11.1 Å². The van der Waals surface area contributed by atoms with Gasteiger partial charge in [-0.25, -0.2) is 0 Å². The second-order valence-electron chi connectivity index (χ2n) is 5.20. The smallest absolute Gasteiger partial charge is 0.0441 e. The molecule has 3 rings (SSSR count). The molecule has 0 N–H and O–H groups in total. The predicted molar refractivity (Wildman–Crippen MR) is 75.6 cm³/mol. The normalized spacial score (nSPS) is 23.5. The van der Waals surface area contributed by atoms with E-state index >= 15 is 0 Å². The Kier molecular flexibility index (Phi) is 4.02. The fourth-order valence-corrected chi connectivity index (χ4v) is 3.56. The average molecular weight is 272 g/mol. The van der Waals surface area contributed by atoms with E-state index in [2.05, 4.69) is 24.1 Å². The van der Waals surface area contributed by atoms with E-state index in [1.165, 1.54) is 31.4 Å². The van der Waals surface area contributed by atoms with Crippen LogP contribution in [0.3, 0.4) is 0 Å². The SMILES string of the molecule is CN1CCc2c(Cl)ccc3c2C(CCC3)C1.Cl. The monoisotopic (exact) mass is 271 g/mol. The quantitative estimate of drug-likeness (QED) is 0.696. The number of halogens is 2. The summed E-state index contributed by atoms with van der Waals surface area (Å²) < 4.78 is 0. The van der Waals surface area contributed by atoms with Gasteiger partial charge in [-0.1, -0.05) is 17.7 Å². The zero-order chi connectivity index (χ0) is 11.1. The summed E-state index contributed by atoms with van der Waals surface area (Å²) in [6.45, 7) is 2.35. The molecule has 0 fully saturated rings. The van der Waals surface area contributed by atoms with Crippen LogP contribution in [0.2, 0.25) is 5.02 Å². The molecule has 1 aromatic rings. The molecular weight excluding hydrogens is 253 g/mol. The second kappa shape index (κ2) is 5.17. The average Bonchev–Trinajstić information content (AvgIpc) is 2.44. The predicted octanol–water partition coefficient (Wildman–Crippen LogP) is 3.67. The van der Waals surface area contributed by atoms with E-state index in [0.717, 1.165) is 23.9 Å². The highest BCUT2D eigenvalue weighted by molar-refractivity contribution is 6.31. The largest absolute Gasteiger partial charge is 0.305 e. The number of benzene rings is 1. The third kappa shape index (κ3) is 2.33. The van der Waals surface area contributed by atoms with E-state index in [1.807, 2.05) is 0 Å². The molecule has 3 heteroatoms. The Hall–Kier alpha value is -0.240. The Morgan fingerprint density at radius 3 is 2.94 bits per heavy atom. The molecule has 17 heavy (non-hydrogen) atoms. The van der Waals surface area contributed by atoms with Crippen LogP contribution >= 0.6 is 24.0 Å². The van der Waals surface area contributed by atoms with Gasteiger partial charge >= 0.3 is 0 Å². The molecular formula is C14H19Cl2N. The van der Waals surface area contributed by atoms with Gasteiger partial charge in [-0.15, -0.1) is 12.4 Å². The van der Waals surface area contributed by atoms with Gasteiger partial charge in [0.15, 0.2) is 0 Å². The summed E-state index contributed by atoms with van der Waals surface area (Å²) in [6, 6.07) is 4.35. The van der Waals surface area contributed by atoms with Crippen LogP contribution in [-0.4, -0.2) is 25.0 Å². The van der Waals surface area contributed by atoms with Crippen LogP contribution in [0.25, 0.3) is 0 Å². The van der Waals surface area contributed by atoms with Crippen molar-refractivity contribution in [2.45, 2.75) is 31.6 Å². The van der Waals surface area contributed by atoms with Gasteiger partial charge < -0.3 is 4.90 Å². The van der Waals surface area contributed by atoms with E-state index < -0.39 is 0 Å². The van der Waals surface area contributed by atoms with E-state index in [4.69, 9.17) is 11.6 Å². The second-order valence-corrected chi connectivity index (χ2v) is 5.61. The summed E-state index contributed by atoms with van der Waals surface area (Å²) in [6.07, 6.45) is 5.05. The Balaban J connectivity index is 0.00000108. The summed E-state index contributed by atoms with van der Waals surface area (Å²) in [5.74, 6) is 0.727. The van der Waals surface area contributed by atoms with Gasteiger partial charge in [0.2, 0.25) is 0 Å². The highest BCUT2D eigenvalue weighted by atomic mass is 35.5. The lowest BCUT2D eigenvalue weighted by molar-refractivity contribution is 0.313. The molecule has 1 aliphatic carbocycles. The first-order valence-electron chi connectivity index (χ1n) is 6.24. The summed E-state index contributed by atoms with van der Waals surface area (Å²) in [4.78, 5) is 2.45. The lowest BCUT2D eigenvalue weighted by atomic mass is 9.80. The first-order chi connectivity index (χ1) is 7.75. The minimum Gasteiger partial charge on any atom is -0.305 e. The van der Waals surface area contributed by atoms with Crippen LogP contribution in [0.5, 0.6) is 0 Å². The molecule has 0 saturated heterocycles. The van der Waals surface area contributed by atoms with Gasteiger partial charge in [0.1, 0.15) is 0 Å². The summed E-state index contributed by atoms with van der Waals surface area (Å²) in [5.41, 5.74) is 4.60. The molecule has 1 aliphatic heterocycles. The zero-order valence-electron chi connectivity index (χ0n) is 10.2. The minimum atomic E-state index is 0. The number of nitrogens with zero attached hydrogens (tertiary/aromatic N) is 1. The van der Waals surface area contributed by atoms with E-state index in [9.17, 15) is 0 Å². The fourth-order valence-electron chi connectivity index (χ4n) is 3.30. The fraction of sp³-hybridized carbons (Fsp3) is 0.571. The third-order valence-electron chi connectivity index (χ3n) is 4.07. The van der Waals surface area contributed by atoms with Crippen molar-refractivity contribution in [1.29, 1.82) is 0 Å². The highest BCUT2D eigenvalue weighted by Gasteiger charge is 2.27. The van der Waals surface area contributed by atoms with Crippen molar-refractivity contribution < 1.29 is 0 Å². The molecule has 0 saturated carbocycles. The van der Waals surface area contributed by atoms with Crippen molar-refractivity contribution in [3.8, 4) is 0 Å². The first kappa shape index (κ1) is 13.2. The maximum Gasteiger partial charge on any atom is 0.0441 e. The molecule has 0 bridgehead atoms. The molecule has 1 unspecified atom stereocenters. The summed E-state index contributed by atoms with van der Waals surface area (Å²) >= 11 is 6.36. The van der Waals surface area contributed by atoms with Gasteiger partial charge in [0.25, 0.3) is 0 Å². The third-order valence-corrected chi connectivity index (χ3v) is 4.43. The number of rotatable bonds is 0. The molecule has 94 valence electrons. The van der Waals surface area contributed by atoms with Gasteiger partial charge in [-0.2, -0.15) is 0 Å². The molecule has 0 aromatic heterocycles. The molecule has 0 spiro atoms. The Morgan fingerprint density at radius 2 is 2.12 bits per heavy atom. The van der Waals surface area contributed by atoms with Crippen LogP contribution in [0, 0.1) is 0 Å². The van der Waals surface area contributed by atoms with Crippen LogP contribution in [0.15, 0.2) is 12.1 Å². The van der Waals surface area contributed by atoms with Crippen LogP contribution in [-0.2, 0) is 12.8 Å². The van der Waals surface area contributed by atoms with Gasteiger partial charge in [-0.3, -0.25) is 0 Å². The molecule has 2 aliphatic rings. The molecule has 1 aromatic carbocycles. The Bertz CT molecular complexity index is 417. The van der Waals surface area contributed by atoms with Gasteiger partial charge in [-0.05, 0) is 61.4 Å². The van der Waals surface area contributed by atoms with Crippen molar-refractivity contribution in [3.63, 3.8) is 0 Å². The van der Waals surface area contributed by atoms with E-state index in [-0.39, 0.29) is 12.4 Å². The first-order valence-corrected chi connectivity index (χ1v) is 6.62. The molecule has 1 atom stereocenters. The van der Waals surface area contributed by atoms with Crippen molar-refractivity contribution >= 4 is 24.0 Å². The number of hydrogen-bond donors (Lipinski definition) is 0. The van der Waals surface area contributed by atoms with Crippen LogP contribution in [0.1, 0.15) is 35.4 Å². The Morgan fingerprint density at radius 1 is 1.29 bits per heavy atom. The van der Waals surface area contributed by atoms with Crippen molar-refractivity contribution in [3.05, 3.63) is 33.8 Å². The number of aryl methyl sites for hydroxylation is 1. The van der Waals surface area contributed by atoms with Crippen molar-refractivity contribution in [2.75, 3.05) is 20.1 Å². The lowest BCUT2D eigenvalue weighted by Crippen LogP contribution is -2.25. The molecule has 0 amide bonds. The number of likely N-dealkylation sites (N-methyl/N-ethyl adjacent to an activating group) is 1. The van der Waals surface area contributed by atoms with Gasteiger partial charge in [0, 0.05) is 18.1 Å². The van der Waals surface area contributed by atoms with E-state index in [0.29, 0.717) is 0 Å². The van der Waals surface area contributed by atoms with Crippen molar-refractivity contribution in [1.82, 2.24) is 4.90 Å². The summed E-state index contributed by atoms with van der Waals surface area (Å²) in [7, 11) is 2.23. The molecule has 1 heterocycles. The van der Waals surface area contributed by atoms with Crippen molar-refractivity contribution in [2.24, 2.45) is 0 Å². The van der Waals surface area contributed by atoms with Crippen LogP contribution < -0.4 is 0 Å². The topological polar surface area (TPSA) is 3.24 Å². The summed E-state index contributed by atoms with van der Waals surface area (Å²) in [5, 5.41) is 0.987. The Labute approximate surface area is 115 Å². The lowest BCUT2D eigenvalue weighted by Gasteiger charge is -2.28.